The zero-order valence-corrected chi connectivity index (χ0v) is 12.0. The Morgan fingerprint density at radius 2 is 2.12 bits per heavy atom. The molecule has 0 spiro atoms. The molecule has 0 radical (unpaired) electrons. The number of anilines is 1. The average molecular weight is 315 g/mol. The molecule has 0 saturated heterocycles. The van der Waals surface area contributed by atoms with Crippen LogP contribution in [-0.2, 0) is 6.54 Å². The summed E-state index contributed by atoms with van der Waals surface area (Å²) in [6.07, 6.45) is 0. The van der Waals surface area contributed by atoms with Crippen molar-refractivity contribution < 1.29 is 0 Å². The van der Waals surface area contributed by atoms with Crippen LogP contribution in [0.5, 0.6) is 0 Å². The molecule has 0 atom stereocenters. The van der Waals surface area contributed by atoms with Crippen molar-refractivity contribution in [1.82, 2.24) is 9.78 Å². The summed E-state index contributed by atoms with van der Waals surface area (Å²) < 4.78 is 2.85. The molecule has 2 N–H and O–H groups in total. The standard InChI is InChI=1S/C12H13BrClN3/c1-7-12(15)8(2)17(16-7)6-9-3-4-10(13)5-11(9)14/h3-5H,6,15H2,1-2H3. The van der Waals surface area contributed by atoms with Gasteiger partial charge >= 0.3 is 0 Å². The highest BCUT2D eigenvalue weighted by Gasteiger charge is 2.10. The van der Waals surface area contributed by atoms with E-state index in [-0.39, 0.29) is 0 Å². The number of hydrogen-bond donors (Lipinski definition) is 1. The van der Waals surface area contributed by atoms with E-state index in [0.29, 0.717) is 6.54 Å². The molecule has 0 saturated carbocycles. The van der Waals surface area contributed by atoms with E-state index in [1.54, 1.807) is 0 Å². The molecule has 2 rings (SSSR count). The van der Waals surface area contributed by atoms with Crippen LogP contribution in [0.3, 0.4) is 0 Å². The fourth-order valence-electron chi connectivity index (χ4n) is 1.68. The van der Waals surface area contributed by atoms with Crippen molar-refractivity contribution in [1.29, 1.82) is 0 Å². The smallest absolute Gasteiger partial charge is 0.0826 e. The van der Waals surface area contributed by atoms with Crippen molar-refractivity contribution in [2.45, 2.75) is 20.4 Å². The molecule has 0 aliphatic carbocycles. The van der Waals surface area contributed by atoms with Gasteiger partial charge in [-0.2, -0.15) is 5.10 Å². The molecule has 90 valence electrons. The monoisotopic (exact) mass is 313 g/mol. The number of halogens is 2. The maximum Gasteiger partial charge on any atom is 0.0826 e. The number of nitrogen functional groups attached to an aromatic ring is 1. The van der Waals surface area contributed by atoms with E-state index in [1.807, 2.05) is 36.7 Å². The molecule has 0 aliphatic heterocycles. The Balaban J connectivity index is 2.34. The maximum atomic E-state index is 6.18. The van der Waals surface area contributed by atoms with Gasteiger partial charge in [-0.05, 0) is 31.5 Å². The molecule has 1 aromatic carbocycles. The van der Waals surface area contributed by atoms with Crippen molar-refractivity contribution in [2.24, 2.45) is 0 Å². The van der Waals surface area contributed by atoms with E-state index in [1.165, 1.54) is 0 Å². The molecule has 2 aromatic rings. The maximum absolute atomic E-state index is 6.18. The molecule has 0 amide bonds. The van der Waals surface area contributed by atoms with Gasteiger partial charge in [0.2, 0.25) is 0 Å². The Bertz CT molecular complexity index is 563. The summed E-state index contributed by atoms with van der Waals surface area (Å²) in [6, 6.07) is 5.83. The first kappa shape index (κ1) is 12.5. The molecular formula is C12H13BrClN3. The highest BCUT2D eigenvalue weighted by molar-refractivity contribution is 9.10. The Morgan fingerprint density at radius 3 is 2.65 bits per heavy atom. The number of aromatic nitrogens is 2. The second-order valence-electron chi connectivity index (χ2n) is 3.98. The Morgan fingerprint density at radius 1 is 1.41 bits per heavy atom. The highest BCUT2D eigenvalue weighted by atomic mass is 79.9. The number of rotatable bonds is 2. The Kier molecular flexibility index (Phi) is 3.45. The molecule has 3 nitrogen and oxygen atoms in total. The van der Waals surface area contributed by atoms with Crippen LogP contribution in [0.1, 0.15) is 17.0 Å². The predicted octanol–water partition coefficient (Wildman–Crippen LogP) is 3.55. The van der Waals surface area contributed by atoms with E-state index in [9.17, 15) is 0 Å². The van der Waals surface area contributed by atoms with Crippen molar-refractivity contribution in [3.63, 3.8) is 0 Å². The first-order valence-corrected chi connectivity index (χ1v) is 6.39. The normalized spacial score (nSPS) is 10.8. The number of aryl methyl sites for hydroxylation is 1. The van der Waals surface area contributed by atoms with Gasteiger partial charge in [-0.15, -0.1) is 0 Å². The molecule has 0 unspecified atom stereocenters. The van der Waals surface area contributed by atoms with Crippen molar-refractivity contribution in [3.05, 3.63) is 44.6 Å². The second kappa shape index (κ2) is 4.70. The minimum atomic E-state index is 0.635. The lowest BCUT2D eigenvalue weighted by Crippen LogP contribution is -2.04. The van der Waals surface area contributed by atoms with Crippen molar-refractivity contribution >= 4 is 33.2 Å². The van der Waals surface area contributed by atoms with E-state index < -0.39 is 0 Å². The van der Waals surface area contributed by atoms with Gasteiger partial charge in [-0.25, -0.2) is 0 Å². The number of nitrogens with zero attached hydrogens (tertiary/aromatic N) is 2. The van der Waals surface area contributed by atoms with Gasteiger partial charge < -0.3 is 5.73 Å². The summed E-state index contributed by atoms with van der Waals surface area (Å²) in [5.41, 5.74) is 9.50. The molecule has 0 aliphatic rings. The Labute approximate surface area is 114 Å². The fourth-order valence-corrected chi connectivity index (χ4v) is 2.41. The van der Waals surface area contributed by atoms with Crippen molar-refractivity contribution in [3.8, 4) is 0 Å². The number of benzene rings is 1. The van der Waals surface area contributed by atoms with Crippen LogP contribution >= 0.6 is 27.5 Å². The first-order chi connectivity index (χ1) is 7.99. The fraction of sp³-hybridized carbons (Fsp3) is 0.250. The lowest BCUT2D eigenvalue weighted by molar-refractivity contribution is 0.659. The third-order valence-electron chi connectivity index (χ3n) is 2.77. The average Bonchev–Trinajstić information content (AvgIpc) is 2.50. The Hall–Kier alpha value is -1.00. The number of hydrogen-bond acceptors (Lipinski definition) is 2. The molecular weight excluding hydrogens is 302 g/mol. The first-order valence-electron chi connectivity index (χ1n) is 5.22. The van der Waals surface area contributed by atoms with E-state index in [0.717, 1.165) is 32.1 Å². The van der Waals surface area contributed by atoms with Crippen LogP contribution in [0.2, 0.25) is 5.02 Å². The van der Waals surface area contributed by atoms with Crippen LogP contribution in [0, 0.1) is 13.8 Å². The minimum Gasteiger partial charge on any atom is -0.396 e. The summed E-state index contributed by atoms with van der Waals surface area (Å²) in [5, 5.41) is 5.12. The lowest BCUT2D eigenvalue weighted by Gasteiger charge is -2.07. The van der Waals surface area contributed by atoms with Crippen LogP contribution in [0.25, 0.3) is 0 Å². The zero-order chi connectivity index (χ0) is 12.6. The molecule has 5 heteroatoms. The third-order valence-corrected chi connectivity index (χ3v) is 3.62. The highest BCUT2D eigenvalue weighted by Crippen LogP contribution is 2.23. The van der Waals surface area contributed by atoms with E-state index in [2.05, 4.69) is 21.0 Å². The second-order valence-corrected chi connectivity index (χ2v) is 5.30. The van der Waals surface area contributed by atoms with E-state index >= 15 is 0 Å². The third kappa shape index (κ3) is 2.48. The van der Waals surface area contributed by atoms with Gasteiger partial charge in [-0.1, -0.05) is 33.6 Å². The molecule has 17 heavy (non-hydrogen) atoms. The summed E-state index contributed by atoms with van der Waals surface area (Å²) in [6.45, 7) is 4.50. The molecule has 1 heterocycles. The minimum absolute atomic E-state index is 0.635. The largest absolute Gasteiger partial charge is 0.396 e. The van der Waals surface area contributed by atoms with Crippen LogP contribution < -0.4 is 5.73 Å². The van der Waals surface area contributed by atoms with E-state index in [4.69, 9.17) is 17.3 Å². The van der Waals surface area contributed by atoms with Crippen LogP contribution in [-0.4, -0.2) is 9.78 Å². The van der Waals surface area contributed by atoms with Gasteiger partial charge in [0.25, 0.3) is 0 Å². The summed E-state index contributed by atoms with van der Waals surface area (Å²) in [5.74, 6) is 0. The zero-order valence-electron chi connectivity index (χ0n) is 9.67. The van der Waals surface area contributed by atoms with Gasteiger partial charge in [0.1, 0.15) is 0 Å². The van der Waals surface area contributed by atoms with Gasteiger partial charge in [0.05, 0.1) is 23.6 Å². The van der Waals surface area contributed by atoms with Gasteiger partial charge in [0, 0.05) is 9.50 Å². The van der Waals surface area contributed by atoms with Crippen LogP contribution in [0.4, 0.5) is 5.69 Å². The quantitative estimate of drug-likeness (QED) is 0.921. The van der Waals surface area contributed by atoms with Gasteiger partial charge in [0.15, 0.2) is 0 Å². The summed E-state index contributed by atoms with van der Waals surface area (Å²) in [4.78, 5) is 0. The lowest BCUT2D eigenvalue weighted by atomic mass is 10.2. The van der Waals surface area contributed by atoms with Crippen LogP contribution in [0.15, 0.2) is 22.7 Å². The molecule has 0 bridgehead atoms. The SMILES string of the molecule is Cc1nn(Cc2ccc(Br)cc2Cl)c(C)c1N. The van der Waals surface area contributed by atoms with Gasteiger partial charge in [-0.3, -0.25) is 4.68 Å². The predicted molar refractivity (Wildman–Crippen MR) is 74.4 cm³/mol. The van der Waals surface area contributed by atoms with Crippen molar-refractivity contribution in [2.75, 3.05) is 5.73 Å². The molecule has 0 fully saturated rings. The number of nitrogens with two attached hydrogens (primary N) is 1. The molecule has 1 aromatic heterocycles. The topological polar surface area (TPSA) is 43.8 Å². The summed E-state index contributed by atoms with van der Waals surface area (Å²) >= 11 is 9.56. The summed E-state index contributed by atoms with van der Waals surface area (Å²) in [7, 11) is 0.